The third-order valence-corrected chi connectivity index (χ3v) is 4.65. The van der Waals surface area contributed by atoms with Crippen LogP contribution in [0.3, 0.4) is 0 Å². The lowest BCUT2D eigenvalue weighted by Crippen LogP contribution is -2.48. The average molecular weight is 268 g/mol. The normalized spacial score (nSPS) is 39.9. The van der Waals surface area contributed by atoms with Gasteiger partial charge in [0, 0.05) is 12.6 Å². The van der Waals surface area contributed by atoms with Crippen LogP contribution in [0.1, 0.15) is 59.8 Å². The predicted octanol–water partition coefficient (Wildman–Crippen LogP) is 2.28. The second-order valence-electron chi connectivity index (χ2n) is 6.21. The second-order valence-corrected chi connectivity index (χ2v) is 6.21. The van der Waals surface area contributed by atoms with Crippen LogP contribution < -0.4 is 5.32 Å². The van der Waals surface area contributed by atoms with Gasteiger partial charge in [-0.25, -0.2) is 0 Å². The Morgan fingerprint density at radius 1 is 1.47 bits per heavy atom. The van der Waals surface area contributed by atoms with Crippen molar-refractivity contribution in [3.8, 4) is 0 Å². The zero-order valence-corrected chi connectivity index (χ0v) is 12.7. The van der Waals surface area contributed by atoms with E-state index in [0.29, 0.717) is 6.04 Å². The molecule has 19 heavy (non-hydrogen) atoms. The molecule has 2 fully saturated rings. The molecule has 2 rings (SSSR count). The zero-order chi connectivity index (χ0) is 14.0. The van der Waals surface area contributed by atoms with Crippen LogP contribution in [-0.2, 0) is 9.53 Å². The summed E-state index contributed by atoms with van der Waals surface area (Å²) in [7, 11) is 0. The zero-order valence-electron chi connectivity index (χ0n) is 12.7. The Balaban J connectivity index is 2.17. The lowest BCUT2D eigenvalue weighted by molar-refractivity contribution is -0.138. The smallest absolute Gasteiger partial charge is 0.244 e. The quantitative estimate of drug-likeness (QED) is 0.850. The maximum atomic E-state index is 12.8. The van der Waals surface area contributed by atoms with Gasteiger partial charge in [-0.1, -0.05) is 20.3 Å². The fraction of sp³-hybridized carbons (Fsp3) is 0.933. The van der Waals surface area contributed by atoms with Crippen molar-refractivity contribution in [2.24, 2.45) is 0 Å². The van der Waals surface area contributed by atoms with E-state index in [9.17, 15) is 4.79 Å². The van der Waals surface area contributed by atoms with E-state index >= 15 is 0 Å². The fourth-order valence-corrected chi connectivity index (χ4v) is 3.31. The first-order valence-corrected chi connectivity index (χ1v) is 7.74. The monoisotopic (exact) mass is 268 g/mol. The first-order chi connectivity index (χ1) is 9.01. The fourth-order valence-electron chi connectivity index (χ4n) is 3.31. The van der Waals surface area contributed by atoms with Crippen molar-refractivity contribution in [3.05, 3.63) is 0 Å². The molecule has 1 amide bonds. The maximum absolute atomic E-state index is 12.8. The molecule has 110 valence electrons. The van der Waals surface area contributed by atoms with Gasteiger partial charge in [0.25, 0.3) is 0 Å². The SMILES string of the molecule is CCCC1NC(C)(CC)C(=O)N1C1CCOC(C)C1. The highest BCUT2D eigenvalue weighted by Gasteiger charge is 2.49. The summed E-state index contributed by atoms with van der Waals surface area (Å²) in [6, 6.07) is 0.341. The third kappa shape index (κ3) is 2.79. The van der Waals surface area contributed by atoms with Crippen LogP contribution >= 0.6 is 0 Å². The van der Waals surface area contributed by atoms with Crippen molar-refractivity contribution in [1.82, 2.24) is 10.2 Å². The lowest BCUT2D eigenvalue weighted by Gasteiger charge is -2.37. The minimum absolute atomic E-state index is 0.206. The Morgan fingerprint density at radius 3 is 2.79 bits per heavy atom. The van der Waals surface area contributed by atoms with Crippen molar-refractivity contribution in [2.45, 2.75) is 83.6 Å². The summed E-state index contributed by atoms with van der Waals surface area (Å²) >= 11 is 0. The van der Waals surface area contributed by atoms with Gasteiger partial charge in [0.1, 0.15) is 0 Å². The Bertz CT molecular complexity index is 330. The van der Waals surface area contributed by atoms with Crippen LogP contribution in [0.5, 0.6) is 0 Å². The molecular formula is C15H28N2O2. The number of hydrogen-bond donors (Lipinski definition) is 1. The second kappa shape index (κ2) is 5.80. The lowest BCUT2D eigenvalue weighted by atomic mass is 9.97. The Kier molecular flexibility index (Phi) is 4.51. The summed E-state index contributed by atoms with van der Waals surface area (Å²) in [6.45, 7) is 9.19. The van der Waals surface area contributed by atoms with Gasteiger partial charge in [0.05, 0.1) is 17.8 Å². The van der Waals surface area contributed by atoms with Crippen LogP contribution in [0.15, 0.2) is 0 Å². The van der Waals surface area contributed by atoms with Crippen LogP contribution in [0.2, 0.25) is 0 Å². The summed E-state index contributed by atoms with van der Waals surface area (Å²) < 4.78 is 5.62. The summed E-state index contributed by atoms with van der Waals surface area (Å²) in [5.74, 6) is 0.285. The van der Waals surface area contributed by atoms with E-state index in [2.05, 4.69) is 31.0 Å². The van der Waals surface area contributed by atoms with Crippen molar-refractivity contribution >= 4 is 5.91 Å². The van der Waals surface area contributed by atoms with E-state index in [1.807, 2.05) is 6.92 Å². The van der Waals surface area contributed by atoms with E-state index in [4.69, 9.17) is 4.74 Å². The van der Waals surface area contributed by atoms with Gasteiger partial charge in [-0.2, -0.15) is 0 Å². The highest BCUT2D eigenvalue weighted by molar-refractivity contribution is 5.88. The Labute approximate surface area is 116 Å². The van der Waals surface area contributed by atoms with E-state index in [0.717, 1.165) is 38.7 Å². The Hall–Kier alpha value is -0.610. The van der Waals surface area contributed by atoms with Gasteiger partial charge in [0.15, 0.2) is 0 Å². The molecule has 0 spiro atoms. The minimum Gasteiger partial charge on any atom is -0.378 e. The molecule has 4 atom stereocenters. The molecule has 2 heterocycles. The van der Waals surface area contributed by atoms with Gasteiger partial charge in [0.2, 0.25) is 5.91 Å². The first-order valence-electron chi connectivity index (χ1n) is 7.74. The van der Waals surface area contributed by atoms with Gasteiger partial charge in [-0.3, -0.25) is 10.1 Å². The number of carbonyl (C=O) groups is 1. The van der Waals surface area contributed by atoms with Crippen molar-refractivity contribution < 1.29 is 9.53 Å². The molecule has 4 nitrogen and oxygen atoms in total. The van der Waals surface area contributed by atoms with E-state index < -0.39 is 0 Å². The third-order valence-electron chi connectivity index (χ3n) is 4.65. The molecule has 2 saturated heterocycles. The number of hydrogen-bond acceptors (Lipinski definition) is 3. The van der Waals surface area contributed by atoms with E-state index in [-0.39, 0.29) is 23.7 Å². The maximum Gasteiger partial charge on any atom is 0.244 e. The van der Waals surface area contributed by atoms with Gasteiger partial charge >= 0.3 is 0 Å². The highest BCUT2D eigenvalue weighted by atomic mass is 16.5. The molecule has 4 heteroatoms. The predicted molar refractivity (Wildman–Crippen MR) is 75.8 cm³/mol. The van der Waals surface area contributed by atoms with Crippen LogP contribution in [0.4, 0.5) is 0 Å². The number of ether oxygens (including phenoxy) is 1. The summed E-state index contributed by atoms with van der Waals surface area (Å²) in [5, 5.41) is 3.57. The topological polar surface area (TPSA) is 41.6 Å². The molecule has 1 N–H and O–H groups in total. The molecule has 2 aliphatic rings. The number of nitrogens with zero attached hydrogens (tertiary/aromatic N) is 1. The molecule has 0 aromatic rings. The number of nitrogens with one attached hydrogen (secondary N) is 1. The standard InChI is InChI=1S/C15H28N2O2/c1-5-7-13-16-15(4,6-2)14(18)17(13)12-8-9-19-11(3)10-12/h11-13,16H,5-10H2,1-4H3. The molecule has 2 aliphatic heterocycles. The summed E-state index contributed by atoms with van der Waals surface area (Å²) in [4.78, 5) is 14.9. The van der Waals surface area contributed by atoms with Crippen molar-refractivity contribution in [3.63, 3.8) is 0 Å². The molecule has 0 aliphatic carbocycles. The molecule has 0 aromatic carbocycles. The highest BCUT2D eigenvalue weighted by Crippen LogP contribution is 2.31. The molecule has 0 saturated carbocycles. The molecule has 0 aromatic heterocycles. The minimum atomic E-state index is -0.374. The largest absolute Gasteiger partial charge is 0.378 e. The average Bonchev–Trinajstić information content (AvgIpc) is 2.63. The van der Waals surface area contributed by atoms with Gasteiger partial charge in [-0.15, -0.1) is 0 Å². The van der Waals surface area contributed by atoms with Gasteiger partial charge < -0.3 is 9.64 Å². The first kappa shape index (κ1) is 14.8. The van der Waals surface area contributed by atoms with Crippen LogP contribution in [0.25, 0.3) is 0 Å². The Morgan fingerprint density at radius 2 is 2.21 bits per heavy atom. The molecular weight excluding hydrogens is 240 g/mol. The van der Waals surface area contributed by atoms with Crippen molar-refractivity contribution in [2.75, 3.05) is 6.61 Å². The number of carbonyl (C=O) groups excluding carboxylic acids is 1. The number of amides is 1. The summed E-state index contributed by atoms with van der Waals surface area (Å²) in [6.07, 6.45) is 5.39. The van der Waals surface area contributed by atoms with Gasteiger partial charge in [-0.05, 0) is 39.5 Å². The van der Waals surface area contributed by atoms with Crippen LogP contribution in [0, 0.1) is 0 Å². The van der Waals surface area contributed by atoms with E-state index in [1.165, 1.54) is 0 Å². The number of rotatable bonds is 4. The van der Waals surface area contributed by atoms with Crippen LogP contribution in [-0.4, -0.2) is 41.3 Å². The molecule has 0 bridgehead atoms. The van der Waals surface area contributed by atoms with Crippen molar-refractivity contribution in [1.29, 1.82) is 0 Å². The molecule has 0 radical (unpaired) electrons. The van der Waals surface area contributed by atoms with E-state index in [1.54, 1.807) is 0 Å². The summed E-state index contributed by atoms with van der Waals surface area (Å²) in [5.41, 5.74) is -0.374. The molecule has 4 unspecified atom stereocenters.